The number of rotatable bonds is 4. The Bertz CT molecular complexity index is 594. The summed E-state index contributed by atoms with van der Waals surface area (Å²) < 4.78 is 1.85. The Kier molecular flexibility index (Phi) is 4.31. The summed E-state index contributed by atoms with van der Waals surface area (Å²) in [4.78, 5) is 12.0. The molecule has 1 atom stereocenters. The molecule has 110 valence electrons. The summed E-state index contributed by atoms with van der Waals surface area (Å²) in [7, 11) is 0. The maximum Gasteiger partial charge on any atom is 0.237 e. The molecular weight excluding hydrogens is 264 g/mol. The standard InChI is InChI=1S/C16H20N4O/c21-16-14(7-3-4-9-17-16)18-12-13-6-1-2-8-15(13)20-11-5-10-19-20/h1-2,5-6,8,10-11,14,18H,3-4,7,9,12H2,(H,17,21). The van der Waals surface area contributed by atoms with E-state index in [2.05, 4.69) is 21.8 Å². The van der Waals surface area contributed by atoms with Crippen LogP contribution in [0.1, 0.15) is 24.8 Å². The predicted octanol–water partition coefficient (Wildman–Crippen LogP) is 1.63. The lowest BCUT2D eigenvalue weighted by Crippen LogP contribution is -2.42. The molecule has 2 N–H and O–H groups in total. The lowest BCUT2D eigenvalue weighted by molar-refractivity contribution is -0.122. The summed E-state index contributed by atoms with van der Waals surface area (Å²) >= 11 is 0. The number of carbonyl (C=O) groups excluding carboxylic acids is 1. The van der Waals surface area contributed by atoms with Gasteiger partial charge in [0.1, 0.15) is 0 Å². The molecule has 1 aromatic heterocycles. The van der Waals surface area contributed by atoms with E-state index in [1.54, 1.807) is 6.20 Å². The molecule has 5 heteroatoms. The molecule has 0 aliphatic carbocycles. The van der Waals surface area contributed by atoms with E-state index >= 15 is 0 Å². The average molecular weight is 284 g/mol. The lowest BCUT2D eigenvalue weighted by atomic mass is 10.1. The second-order valence-electron chi connectivity index (χ2n) is 5.30. The van der Waals surface area contributed by atoms with Gasteiger partial charge in [0.15, 0.2) is 0 Å². The van der Waals surface area contributed by atoms with Gasteiger partial charge < -0.3 is 10.6 Å². The highest BCUT2D eigenvalue weighted by Crippen LogP contribution is 2.14. The summed E-state index contributed by atoms with van der Waals surface area (Å²) in [6.07, 6.45) is 6.74. The first kappa shape index (κ1) is 13.8. The molecule has 1 amide bonds. The van der Waals surface area contributed by atoms with Crippen LogP contribution in [0.2, 0.25) is 0 Å². The molecule has 2 heterocycles. The number of hydrogen-bond donors (Lipinski definition) is 2. The summed E-state index contributed by atoms with van der Waals surface area (Å²) in [6.45, 7) is 1.45. The van der Waals surface area contributed by atoms with Crippen LogP contribution in [0.3, 0.4) is 0 Å². The minimum atomic E-state index is -0.0989. The number of nitrogens with zero attached hydrogens (tertiary/aromatic N) is 2. The molecule has 1 fully saturated rings. The van der Waals surface area contributed by atoms with E-state index in [4.69, 9.17) is 0 Å². The predicted molar refractivity (Wildman–Crippen MR) is 81.1 cm³/mol. The Labute approximate surface area is 124 Å². The Morgan fingerprint density at radius 2 is 2.19 bits per heavy atom. The third-order valence-corrected chi connectivity index (χ3v) is 3.82. The minimum absolute atomic E-state index is 0.0989. The Hall–Kier alpha value is -2.14. The van der Waals surface area contributed by atoms with E-state index in [0.717, 1.165) is 37.1 Å². The van der Waals surface area contributed by atoms with Crippen molar-refractivity contribution in [3.8, 4) is 5.69 Å². The van der Waals surface area contributed by atoms with Gasteiger partial charge in [-0.1, -0.05) is 18.2 Å². The van der Waals surface area contributed by atoms with Gasteiger partial charge in [0.25, 0.3) is 0 Å². The van der Waals surface area contributed by atoms with Gasteiger partial charge in [0.05, 0.1) is 11.7 Å². The van der Waals surface area contributed by atoms with E-state index in [1.165, 1.54) is 0 Å². The first-order valence-corrected chi connectivity index (χ1v) is 7.43. The molecule has 1 aromatic carbocycles. The van der Waals surface area contributed by atoms with E-state index in [0.29, 0.717) is 6.54 Å². The molecule has 1 aliphatic rings. The van der Waals surface area contributed by atoms with Gasteiger partial charge in [-0.15, -0.1) is 0 Å². The Balaban J connectivity index is 1.72. The highest BCUT2D eigenvalue weighted by atomic mass is 16.2. The highest BCUT2D eigenvalue weighted by molar-refractivity contribution is 5.81. The molecule has 0 radical (unpaired) electrons. The largest absolute Gasteiger partial charge is 0.355 e. The van der Waals surface area contributed by atoms with Crippen molar-refractivity contribution in [3.05, 3.63) is 48.3 Å². The number of hydrogen-bond acceptors (Lipinski definition) is 3. The van der Waals surface area contributed by atoms with Gasteiger partial charge in [-0.3, -0.25) is 4.79 Å². The maximum absolute atomic E-state index is 12.0. The quantitative estimate of drug-likeness (QED) is 0.897. The van der Waals surface area contributed by atoms with Gasteiger partial charge in [-0.2, -0.15) is 5.10 Å². The lowest BCUT2D eigenvalue weighted by Gasteiger charge is -2.16. The zero-order chi connectivity index (χ0) is 14.5. The normalized spacial score (nSPS) is 19.0. The third kappa shape index (κ3) is 3.31. The molecular formula is C16H20N4O. The third-order valence-electron chi connectivity index (χ3n) is 3.82. The van der Waals surface area contributed by atoms with Crippen molar-refractivity contribution in [1.29, 1.82) is 0 Å². The number of para-hydroxylation sites is 1. The fourth-order valence-electron chi connectivity index (χ4n) is 2.66. The number of amides is 1. The van der Waals surface area contributed by atoms with Crippen molar-refractivity contribution in [2.75, 3.05) is 6.54 Å². The zero-order valence-electron chi connectivity index (χ0n) is 12.0. The smallest absolute Gasteiger partial charge is 0.237 e. The van der Waals surface area contributed by atoms with Crippen molar-refractivity contribution in [1.82, 2.24) is 20.4 Å². The van der Waals surface area contributed by atoms with E-state index in [1.807, 2.05) is 35.1 Å². The molecule has 0 bridgehead atoms. The van der Waals surface area contributed by atoms with Crippen LogP contribution in [0.5, 0.6) is 0 Å². The topological polar surface area (TPSA) is 59.0 Å². The molecule has 2 aromatic rings. The van der Waals surface area contributed by atoms with Crippen LogP contribution in [0.4, 0.5) is 0 Å². The van der Waals surface area contributed by atoms with Crippen LogP contribution in [-0.4, -0.2) is 28.3 Å². The molecule has 3 rings (SSSR count). The first-order valence-electron chi connectivity index (χ1n) is 7.43. The van der Waals surface area contributed by atoms with Crippen LogP contribution in [0, 0.1) is 0 Å². The van der Waals surface area contributed by atoms with Crippen LogP contribution in [0.25, 0.3) is 5.69 Å². The second-order valence-corrected chi connectivity index (χ2v) is 5.30. The molecule has 0 saturated carbocycles. The van der Waals surface area contributed by atoms with Crippen LogP contribution >= 0.6 is 0 Å². The van der Waals surface area contributed by atoms with Gasteiger partial charge >= 0.3 is 0 Å². The SMILES string of the molecule is O=C1NCCCCC1NCc1ccccc1-n1cccn1. The van der Waals surface area contributed by atoms with Crippen LogP contribution in [0.15, 0.2) is 42.7 Å². The number of aromatic nitrogens is 2. The number of benzene rings is 1. The zero-order valence-corrected chi connectivity index (χ0v) is 12.0. The van der Waals surface area contributed by atoms with Gasteiger partial charge in [0, 0.05) is 25.5 Å². The number of nitrogens with one attached hydrogen (secondary N) is 2. The Morgan fingerprint density at radius 3 is 3.05 bits per heavy atom. The average Bonchev–Trinajstić information content (AvgIpc) is 2.96. The molecule has 1 saturated heterocycles. The maximum atomic E-state index is 12.0. The second kappa shape index (κ2) is 6.54. The summed E-state index contributed by atoms with van der Waals surface area (Å²) in [5, 5.41) is 10.6. The fourth-order valence-corrected chi connectivity index (χ4v) is 2.66. The molecule has 1 unspecified atom stereocenters. The van der Waals surface area contributed by atoms with E-state index in [9.17, 15) is 4.79 Å². The summed E-state index contributed by atoms with van der Waals surface area (Å²) in [5.74, 6) is 0.115. The Morgan fingerprint density at radius 1 is 1.29 bits per heavy atom. The van der Waals surface area contributed by atoms with Crippen molar-refractivity contribution in [3.63, 3.8) is 0 Å². The van der Waals surface area contributed by atoms with Crippen molar-refractivity contribution >= 4 is 5.91 Å². The van der Waals surface area contributed by atoms with Crippen molar-refractivity contribution in [2.45, 2.75) is 31.8 Å². The first-order chi connectivity index (χ1) is 10.3. The molecule has 5 nitrogen and oxygen atoms in total. The van der Waals surface area contributed by atoms with Crippen molar-refractivity contribution < 1.29 is 4.79 Å². The molecule has 21 heavy (non-hydrogen) atoms. The monoisotopic (exact) mass is 284 g/mol. The van der Waals surface area contributed by atoms with Crippen molar-refractivity contribution in [2.24, 2.45) is 0 Å². The van der Waals surface area contributed by atoms with Gasteiger partial charge in [-0.25, -0.2) is 4.68 Å². The summed E-state index contributed by atoms with van der Waals surface area (Å²) in [6, 6.07) is 9.92. The number of carbonyl (C=O) groups is 1. The molecule has 0 spiro atoms. The molecule has 1 aliphatic heterocycles. The van der Waals surface area contributed by atoms with Gasteiger partial charge in [0.2, 0.25) is 5.91 Å². The van der Waals surface area contributed by atoms with Crippen LogP contribution < -0.4 is 10.6 Å². The highest BCUT2D eigenvalue weighted by Gasteiger charge is 2.20. The van der Waals surface area contributed by atoms with Crippen LogP contribution in [-0.2, 0) is 11.3 Å². The van der Waals surface area contributed by atoms with E-state index in [-0.39, 0.29) is 11.9 Å². The van der Waals surface area contributed by atoms with E-state index < -0.39 is 0 Å². The summed E-state index contributed by atoms with van der Waals surface area (Å²) in [5.41, 5.74) is 2.18. The minimum Gasteiger partial charge on any atom is -0.355 e. The van der Waals surface area contributed by atoms with Gasteiger partial charge in [-0.05, 0) is 37.0 Å². The fraction of sp³-hybridized carbons (Fsp3) is 0.375.